The number of thiazole rings is 1. The Morgan fingerprint density at radius 1 is 1.48 bits per heavy atom. The van der Waals surface area contributed by atoms with Gasteiger partial charge in [0.1, 0.15) is 5.75 Å². The van der Waals surface area contributed by atoms with Crippen molar-refractivity contribution in [3.05, 3.63) is 35.3 Å². The SMILES string of the molecule is COc1ccccc1NCC1CCC(=O)N1CCSc1nc(C(=O)O)cs1. The maximum Gasteiger partial charge on any atom is 0.355 e. The lowest BCUT2D eigenvalue weighted by Gasteiger charge is -2.25. The Morgan fingerprint density at radius 3 is 3.04 bits per heavy atom. The summed E-state index contributed by atoms with van der Waals surface area (Å²) in [5, 5.41) is 13.8. The van der Waals surface area contributed by atoms with Gasteiger partial charge in [-0.3, -0.25) is 4.79 Å². The number of carbonyl (C=O) groups excluding carboxylic acids is 1. The van der Waals surface area contributed by atoms with Gasteiger partial charge >= 0.3 is 5.97 Å². The number of hydrogen-bond donors (Lipinski definition) is 2. The van der Waals surface area contributed by atoms with E-state index in [0.29, 0.717) is 29.6 Å². The summed E-state index contributed by atoms with van der Waals surface area (Å²) >= 11 is 2.79. The van der Waals surface area contributed by atoms with Gasteiger partial charge in [0.15, 0.2) is 10.0 Å². The molecule has 3 rings (SSSR count). The Kier molecular flexibility index (Phi) is 6.57. The van der Waals surface area contributed by atoms with Crippen LogP contribution in [0, 0.1) is 0 Å². The van der Waals surface area contributed by atoms with Crippen LogP contribution >= 0.6 is 23.1 Å². The van der Waals surface area contributed by atoms with Gasteiger partial charge in [0.2, 0.25) is 5.91 Å². The lowest BCUT2D eigenvalue weighted by molar-refractivity contribution is -0.128. The highest BCUT2D eigenvalue weighted by Gasteiger charge is 2.30. The molecule has 0 spiro atoms. The molecule has 1 aromatic heterocycles. The monoisotopic (exact) mass is 407 g/mol. The number of carboxylic acids is 1. The van der Waals surface area contributed by atoms with Gasteiger partial charge in [-0.2, -0.15) is 0 Å². The fraction of sp³-hybridized carbons (Fsp3) is 0.389. The molecule has 1 saturated heterocycles. The summed E-state index contributed by atoms with van der Waals surface area (Å²) in [5.41, 5.74) is 0.983. The smallest absolute Gasteiger partial charge is 0.355 e. The normalized spacial score (nSPS) is 16.6. The highest BCUT2D eigenvalue weighted by molar-refractivity contribution is 8.01. The van der Waals surface area contributed by atoms with Gasteiger partial charge in [-0.25, -0.2) is 9.78 Å². The van der Waals surface area contributed by atoms with Crippen molar-refractivity contribution in [2.24, 2.45) is 0 Å². The average Bonchev–Trinajstić information content (AvgIpc) is 3.28. The molecule has 0 radical (unpaired) electrons. The number of nitrogens with one attached hydrogen (secondary N) is 1. The van der Waals surface area contributed by atoms with Crippen molar-refractivity contribution in [2.45, 2.75) is 23.2 Å². The van der Waals surface area contributed by atoms with E-state index in [-0.39, 0.29) is 17.6 Å². The fourth-order valence-electron chi connectivity index (χ4n) is 2.98. The molecule has 7 nitrogen and oxygen atoms in total. The van der Waals surface area contributed by atoms with Crippen LogP contribution < -0.4 is 10.1 Å². The van der Waals surface area contributed by atoms with Crippen molar-refractivity contribution in [2.75, 3.05) is 31.3 Å². The quantitative estimate of drug-likeness (QED) is 0.617. The number of amides is 1. The molecule has 1 aromatic carbocycles. The second-order valence-electron chi connectivity index (χ2n) is 6.01. The number of benzene rings is 1. The van der Waals surface area contributed by atoms with E-state index in [1.807, 2.05) is 29.2 Å². The van der Waals surface area contributed by atoms with Crippen molar-refractivity contribution in [1.82, 2.24) is 9.88 Å². The average molecular weight is 408 g/mol. The van der Waals surface area contributed by atoms with Crippen LogP contribution in [0.2, 0.25) is 0 Å². The molecule has 1 aliphatic heterocycles. The number of aromatic nitrogens is 1. The summed E-state index contributed by atoms with van der Waals surface area (Å²) in [6.07, 6.45) is 1.38. The number of methoxy groups -OCH3 is 1. The second-order valence-corrected chi connectivity index (χ2v) is 8.21. The predicted octanol–water partition coefficient (Wildman–Crippen LogP) is 3.05. The number of ether oxygens (including phenoxy) is 1. The molecule has 9 heteroatoms. The summed E-state index contributed by atoms with van der Waals surface area (Å²) < 4.78 is 6.06. The molecular formula is C18H21N3O4S2. The number of hydrogen-bond acceptors (Lipinski definition) is 7. The van der Waals surface area contributed by atoms with E-state index in [1.165, 1.54) is 28.5 Å². The van der Waals surface area contributed by atoms with E-state index >= 15 is 0 Å². The number of carbonyl (C=O) groups is 2. The third-order valence-electron chi connectivity index (χ3n) is 4.35. The van der Waals surface area contributed by atoms with Crippen LogP contribution in [-0.2, 0) is 4.79 Å². The molecule has 0 aliphatic carbocycles. The number of para-hydroxylation sites is 2. The maximum atomic E-state index is 12.2. The topological polar surface area (TPSA) is 91.8 Å². The first kappa shape index (κ1) is 19.5. The van der Waals surface area contributed by atoms with Gasteiger partial charge in [-0.1, -0.05) is 23.9 Å². The molecule has 2 heterocycles. The number of rotatable bonds is 9. The highest BCUT2D eigenvalue weighted by Crippen LogP contribution is 2.27. The molecule has 2 aromatic rings. The number of anilines is 1. The van der Waals surface area contributed by atoms with Gasteiger partial charge in [0.05, 0.1) is 12.8 Å². The van der Waals surface area contributed by atoms with Crippen LogP contribution in [0.15, 0.2) is 34.0 Å². The van der Waals surface area contributed by atoms with E-state index in [2.05, 4.69) is 10.3 Å². The van der Waals surface area contributed by atoms with Crippen molar-refractivity contribution >= 4 is 40.7 Å². The molecule has 0 bridgehead atoms. The number of likely N-dealkylation sites (tertiary alicyclic amines) is 1. The van der Waals surface area contributed by atoms with Crippen molar-refractivity contribution in [3.63, 3.8) is 0 Å². The minimum atomic E-state index is -1.02. The summed E-state index contributed by atoms with van der Waals surface area (Å²) in [6.45, 7) is 1.28. The summed E-state index contributed by atoms with van der Waals surface area (Å²) in [7, 11) is 1.64. The highest BCUT2D eigenvalue weighted by atomic mass is 32.2. The van der Waals surface area contributed by atoms with Crippen LogP contribution in [-0.4, -0.2) is 58.9 Å². The molecular weight excluding hydrogens is 386 g/mol. The molecule has 1 amide bonds. The van der Waals surface area contributed by atoms with Gasteiger partial charge in [-0.05, 0) is 18.6 Å². The summed E-state index contributed by atoms with van der Waals surface area (Å²) in [6, 6.07) is 7.85. The molecule has 1 aliphatic rings. The zero-order chi connectivity index (χ0) is 19.2. The number of carboxylic acid groups (broad SMARTS) is 1. The van der Waals surface area contributed by atoms with Crippen LogP contribution in [0.25, 0.3) is 0 Å². The lowest BCUT2D eigenvalue weighted by atomic mass is 10.2. The van der Waals surface area contributed by atoms with Crippen molar-refractivity contribution < 1.29 is 19.4 Å². The van der Waals surface area contributed by atoms with Gasteiger partial charge < -0.3 is 20.1 Å². The zero-order valence-electron chi connectivity index (χ0n) is 14.9. The van der Waals surface area contributed by atoms with Crippen molar-refractivity contribution in [1.29, 1.82) is 0 Å². The minimum absolute atomic E-state index is 0.0682. The first-order valence-corrected chi connectivity index (χ1v) is 10.4. The molecule has 144 valence electrons. The number of thioether (sulfide) groups is 1. The number of nitrogens with zero attached hydrogens (tertiary/aromatic N) is 2. The Morgan fingerprint density at radius 2 is 2.30 bits per heavy atom. The zero-order valence-corrected chi connectivity index (χ0v) is 16.5. The third kappa shape index (κ3) is 4.92. The van der Waals surface area contributed by atoms with E-state index < -0.39 is 5.97 Å². The second kappa shape index (κ2) is 9.09. The molecule has 2 N–H and O–H groups in total. The predicted molar refractivity (Wildman–Crippen MR) is 106 cm³/mol. The van der Waals surface area contributed by atoms with Crippen LogP contribution in [0.3, 0.4) is 0 Å². The first-order valence-electron chi connectivity index (χ1n) is 8.56. The standard InChI is InChI=1S/C18H21N3O4S2/c1-25-15-5-3-2-4-13(15)19-10-12-6-7-16(22)21(12)8-9-26-18-20-14(11-27-18)17(23)24/h2-5,11-12,19H,6-10H2,1H3,(H,23,24). The number of aromatic carboxylic acids is 1. The Balaban J connectivity index is 1.52. The molecule has 27 heavy (non-hydrogen) atoms. The Labute approximate surface area is 165 Å². The van der Waals surface area contributed by atoms with Crippen LogP contribution in [0.5, 0.6) is 5.75 Å². The maximum absolute atomic E-state index is 12.2. The van der Waals surface area contributed by atoms with Crippen LogP contribution in [0.4, 0.5) is 5.69 Å². The van der Waals surface area contributed by atoms with E-state index in [0.717, 1.165) is 17.9 Å². The summed E-state index contributed by atoms with van der Waals surface area (Å²) in [5.74, 6) is 0.605. The minimum Gasteiger partial charge on any atom is -0.495 e. The Hall–Kier alpha value is -2.26. The molecule has 1 fully saturated rings. The van der Waals surface area contributed by atoms with E-state index in [4.69, 9.17) is 9.84 Å². The fourth-order valence-corrected chi connectivity index (χ4v) is 4.79. The third-order valence-corrected chi connectivity index (χ3v) is 6.35. The molecule has 0 saturated carbocycles. The van der Waals surface area contributed by atoms with Gasteiger partial charge in [0, 0.05) is 36.7 Å². The van der Waals surface area contributed by atoms with Gasteiger partial charge in [-0.15, -0.1) is 11.3 Å². The van der Waals surface area contributed by atoms with E-state index in [9.17, 15) is 9.59 Å². The first-order chi connectivity index (χ1) is 13.1. The van der Waals surface area contributed by atoms with E-state index in [1.54, 1.807) is 7.11 Å². The lowest BCUT2D eigenvalue weighted by Crippen LogP contribution is -2.39. The largest absolute Gasteiger partial charge is 0.495 e. The van der Waals surface area contributed by atoms with Crippen molar-refractivity contribution in [3.8, 4) is 5.75 Å². The van der Waals surface area contributed by atoms with Crippen LogP contribution in [0.1, 0.15) is 23.3 Å². The van der Waals surface area contributed by atoms with Gasteiger partial charge in [0.25, 0.3) is 0 Å². The summed E-state index contributed by atoms with van der Waals surface area (Å²) in [4.78, 5) is 29.1. The molecule has 1 atom stereocenters. The Bertz CT molecular complexity index is 811. The molecule has 1 unspecified atom stereocenters.